The van der Waals surface area contributed by atoms with E-state index in [1.165, 1.54) is 24.3 Å². The Balaban J connectivity index is 1.80. The van der Waals surface area contributed by atoms with Gasteiger partial charge in [-0.3, -0.25) is 4.79 Å². The smallest absolute Gasteiger partial charge is 0.197 e. The number of hydrogen-bond donors (Lipinski definition) is 10. The van der Waals surface area contributed by atoms with E-state index in [0.717, 1.165) is 6.07 Å². The molecule has 9 atom stereocenters. The number of hydrogen-bond acceptors (Lipinski definition) is 14. The van der Waals surface area contributed by atoms with Crippen molar-refractivity contribution in [3.63, 3.8) is 0 Å². The zero-order chi connectivity index (χ0) is 29.0. The second kappa shape index (κ2) is 10.6. The van der Waals surface area contributed by atoms with E-state index < -0.39 is 107 Å². The largest absolute Gasteiger partial charge is 0.508 e. The minimum Gasteiger partial charge on any atom is -0.508 e. The summed E-state index contributed by atoms with van der Waals surface area (Å²) in [4.78, 5) is 13.4. The second-order valence-corrected chi connectivity index (χ2v) is 9.80. The molecule has 10 N–H and O–H groups in total. The average molecular weight is 564 g/mol. The number of rotatable bonds is 4. The van der Waals surface area contributed by atoms with Crippen molar-refractivity contribution in [2.45, 2.75) is 54.9 Å². The molecule has 0 saturated carbocycles. The fourth-order valence-electron chi connectivity index (χ4n) is 5.11. The van der Waals surface area contributed by atoms with Gasteiger partial charge in [0.15, 0.2) is 11.0 Å². The van der Waals surface area contributed by atoms with Crippen molar-refractivity contribution < 1.29 is 65.0 Å². The first kappa shape index (κ1) is 28.2. The van der Waals surface area contributed by atoms with Crippen molar-refractivity contribution in [2.24, 2.45) is 0 Å². The Labute approximate surface area is 224 Å². The molecule has 0 unspecified atom stereocenters. The first-order valence-corrected chi connectivity index (χ1v) is 12.3. The van der Waals surface area contributed by atoms with Crippen LogP contribution in [0.25, 0.3) is 22.3 Å². The van der Waals surface area contributed by atoms with Crippen LogP contribution in [-0.2, 0) is 9.47 Å². The van der Waals surface area contributed by atoms with E-state index in [9.17, 15) is 55.9 Å². The van der Waals surface area contributed by atoms with Gasteiger partial charge in [-0.25, -0.2) is 0 Å². The van der Waals surface area contributed by atoms with Gasteiger partial charge in [0.05, 0.1) is 24.3 Å². The summed E-state index contributed by atoms with van der Waals surface area (Å²) in [5.74, 6) is -2.01. The SMILES string of the molecule is O=c1cc(-c2ccc(O)cc2)oc2c([C@@H]3OC[C@@H](O)[C@@H](O)[C@@H]3O)c(O)c([C@@H]3O[C@H](CO)[C@@H](O)[C@H](O)[C@H]3O)c(O)c12. The third-order valence-electron chi connectivity index (χ3n) is 7.31. The van der Waals surface area contributed by atoms with Crippen LogP contribution < -0.4 is 5.43 Å². The van der Waals surface area contributed by atoms with Gasteiger partial charge in [0.25, 0.3) is 0 Å². The fraction of sp³-hybridized carbons (Fsp3) is 0.423. The number of ether oxygens (including phenoxy) is 2. The van der Waals surface area contributed by atoms with Crippen molar-refractivity contribution in [3.8, 4) is 28.6 Å². The lowest BCUT2D eigenvalue weighted by atomic mass is 9.85. The maximum atomic E-state index is 13.4. The molecule has 0 radical (unpaired) electrons. The second-order valence-electron chi connectivity index (χ2n) is 9.80. The highest BCUT2D eigenvalue weighted by Crippen LogP contribution is 2.50. The summed E-state index contributed by atoms with van der Waals surface area (Å²) in [6.45, 7) is -1.34. The van der Waals surface area contributed by atoms with Gasteiger partial charge in [-0.2, -0.15) is 0 Å². The molecule has 2 fully saturated rings. The highest BCUT2D eigenvalue weighted by Gasteiger charge is 2.48. The molecule has 3 aromatic rings. The first-order chi connectivity index (χ1) is 19.0. The molecule has 2 aliphatic heterocycles. The van der Waals surface area contributed by atoms with Crippen molar-refractivity contribution in [3.05, 3.63) is 51.7 Å². The minimum atomic E-state index is -1.98. The third-order valence-corrected chi connectivity index (χ3v) is 7.31. The number of aliphatic hydroxyl groups excluding tert-OH is 7. The highest BCUT2D eigenvalue weighted by atomic mass is 16.5. The molecule has 3 heterocycles. The Morgan fingerprint density at radius 1 is 0.775 bits per heavy atom. The summed E-state index contributed by atoms with van der Waals surface area (Å²) >= 11 is 0. The van der Waals surface area contributed by atoms with E-state index in [2.05, 4.69) is 0 Å². The van der Waals surface area contributed by atoms with Crippen LogP contribution in [0.1, 0.15) is 23.3 Å². The van der Waals surface area contributed by atoms with Crippen LogP contribution in [0.2, 0.25) is 0 Å². The van der Waals surface area contributed by atoms with Crippen molar-refractivity contribution in [2.75, 3.05) is 13.2 Å². The molecular weight excluding hydrogens is 536 g/mol. The summed E-state index contributed by atoms with van der Waals surface area (Å²) in [6, 6.07) is 6.50. The summed E-state index contributed by atoms with van der Waals surface area (Å²) in [6.07, 6.45) is -15.7. The Morgan fingerprint density at radius 2 is 1.43 bits per heavy atom. The predicted octanol–water partition coefficient (Wildman–Crippen LogP) is -1.75. The molecule has 2 aromatic carbocycles. The van der Waals surface area contributed by atoms with E-state index in [-0.39, 0.29) is 11.5 Å². The van der Waals surface area contributed by atoms with Gasteiger partial charge in [0.1, 0.15) is 83.3 Å². The lowest BCUT2D eigenvalue weighted by molar-refractivity contribution is -0.232. The van der Waals surface area contributed by atoms with E-state index in [4.69, 9.17) is 13.9 Å². The van der Waals surface area contributed by atoms with Gasteiger partial charge in [-0.05, 0) is 24.3 Å². The molecule has 0 aliphatic carbocycles. The van der Waals surface area contributed by atoms with E-state index in [0.29, 0.717) is 5.56 Å². The normalized spacial score (nSPS) is 32.8. The lowest BCUT2D eigenvalue weighted by Gasteiger charge is -2.41. The third kappa shape index (κ3) is 4.49. The van der Waals surface area contributed by atoms with Crippen LogP contribution in [-0.4, -0.2) is 107 Å². The Morgan fingerprint density at radius 3 is 2.08 bits per heavy atom. The van der Waals surface area contributed by atoms with E-state index in [1.54, 1.807) is 0 Å². The summed E-state index contributed by atoms with van der Waals surface area (Å²) in [7, 11) is 0. The first-order valence-electron chi connectivity index (χ1n) is 12.3. The topological polar surface area (TPSA) is 251 Å². The molecule has 2 saturated heterocycles. The lowest BCUT2D eigenvalue weighted by Crippen LogP contribution is -2.55. The van der Waals surface area contributed by atoms with Crippen LogP contribution in [0.5, 0.6) is 17.2 Å². The number of aromatic hydroxyl groups is 3. The summed E-state index contributed by atoms with van der Waals surface area (Å²) in [5.41, 5.74) is -2.15. The zero-order valence-corrected chi connectivity index (χ0v) is 20.6. The number of phenolic OH excluding ortho intramolecular Hbond substituents is 3. The van der Waals surface area contributed by atoms with Crippen molar-refractivity contribution in [1.82, 2.24) is 0 Å². The Kier molecular flexibility index (Phi) is 7.47. The molecule has 216 valence electrons. The molecule has 0 spiro atoms. The molecule has 2 aliphatic rings. The quantitative estimate of drug-likeness (QED) is 0.169. The Hall–Kier alpha value is -3.31. The molecule has 1 aromatic heterocycles. The fourth-order valence-corrected chi connectivity index (χ4v) is 5.11. The van der Waals surface area contributed by atoms with Gasteiger partial charge >= 0.3 is 0 Å². The number of aliphatic hydroxyl groups is 7. The molecular formula is C26H28O14. The molecule has 0 amide bonds. The molecule has 5 rings (SSSR count). The Bertz CT molecular complexity index is 1450. The van der Waals surface area contributed by atoms with Gasteiger partial charge in [0, 0.05) is 11.6 Å². The van der Waals surface area contributed by atoms with Crippen LogP contribution in [0, 0.1) is 0 Å². The van der Waals surface area contributed by atoms with Crippen LogP contribution in [0.3, 0.4) is 0 Å². The number of fused-ring (bicyclic) bond motifs is 1. The van der Waals surface area contributed by atoms with E-state index in [1.807, 2.05) is 0 Å². The predicted molar refractivity (Wildman–Crippen MR) is 132 cm³/mol. The maximum Gasteiger partial charge on any atom is 0.197 e. The van der Waals surface area contributed by atoms with E-state index >= 15 is 0 Å². The standard InChI is InChI=1S/C26H28O14/c27-6-13-18(32)21(35)23(37)26(40-13)15-19(33)14-10(29)5-12(8-1-3-9(28)4-2-8)39-24(14)16(20(15)34)25-22(36)17(31)11(30)7-38-25/h1-5,11,13,17-18,21-23,25-28,30-37H,6-7H2/t11-,13-,17-,18-,21+,22+,23-,25+,26+/m1/s1. The average Bonchev–Trinajstić information content (AvgIpc) is 2.92. The summed E-state index contributed by atoms with van der Waals surface area (Å²) < 4.78 is 16.9. The number of phenols is 3. The zero-order valence-electron chi connectivity index (χ0n) is 20.6. The number of benzene rings is 2. The van der Waals surface area contributed by atoms with Gasteiger partial charge in [0.2, 0.25) is 0 Å². The van der Waals surface area contributed by atoms with Crippen LogP contribution in [0.4, 0.5) is 0 Å². The molecule has 40 heavy (non-hydrogen) atoms. The van der Waals surface area contributed by atoms with Crippen molar-refractivity contribution >= 4 is 11.0 Å². The minimum absolute atomic E-state index is 0.0710. The van der Waals surface area contributed by atoms with Gasteiger partial charge < -0.3 is 65.0 Å². The highest BCUT2D eigenvalue weighted by molar-refractivity contribution is 5.92. The maximum absolute atomic E-state index is 13.4. The van der Waals surface area contributed by atoms with Crippen LogP contribution >= 0.6 is 0 Å². The monoisotopic (exact) mass is 564 g/mol. The van der Waals surface area contributed by atoms with Crippen molar-refractivity contribution in [1.29, 1.82) is 0 Å². The molecule has 14 heteroatoms. The molecule has 14 nitrogen and oxygen atoms in total. The van der Waals surface area contributed by atoms with Gasteiger partial charge in [-0.1, -0.05) is 0 Å². The molecule has 0 bridgehead atoms. The van der Waals surface area contributed by atoms with Gasteiger partial charge in [-0.15, -0.1) is 0 Å². The van der Waals surface area contributed by atoms with Crippen LogP contribution in [0.15, 0.2) is 39.5 Å². The summed E-state index contributed by atoms with van der Waals surface area (Å²) in [5, 5.41) is 104.